The zero-order valence-electron chi connectivity index (χ0n) is 5.91. The van der Waals surface area contributed by atoms with Crippen molar-refractivity contribution in [3.05, 3.63) is 0 Å². The number of hydrogen-bond donors (Lipinski definition) is 0. The molecule has 0 aromatic heterocycles. The van der Waals surface area contributed by atoms with Crippen LogP contribution in [0.1, 0.15) is 12.8 Å². The largest absolute Gasteiger partial charge is 0.198 e. The second-order valence-corrected chi connectivity index (χ2v) is 3.07. The Bertz CT molecular complexity index is 307. The van der Waals surface area contributed by atoms with E-state index in [0.29, 0.717) is 13.0 Å². The lowest BCUT2D eigenvalue weighted by atomic mass is 9.57. The average molecular weight is 146 g/mol. The molecule has 2 rings (SSSR count). The molecule has 4 nitrogen and oxygen atoms in total. The van der Waals surface area contributed by atoms with Crippen molar-refractivity contribution < 1.29 is 0 Å². The van der Waals surface area contributed by atoms with Crippen LogP contribution in [0.5, 0.6) is 0 Å². The Labute approximate surface area is 64.1 Å². The lowest BCUT2D eigenvalue weighted by Gasteiger charge is -2.41. The Hall–Kier alpha value is -1.42. The molecular weight excluding hydrogens is 140 g/mol. The number of fused-ring (bicyclic) bond motifs is 1. The second kappa shape index (κ2) is 1.60. The maximum absolute atomic E-state index is 8.82. The van der Waals surface area contributed by atoms with Gasteiger partial charge in [-0.3, -0.25) is 0 Å². The predicted molar refractivity (Wildman–Crippen MR) is 35.3 cm³/mol. The van der Waals surface area contributed by atoms with Crippen LogP contribution in [-0.2, 0) is 0 Å². The number of rotatable bonds is 0. The van der Waals surface area contributed by atoms with Crippen LogP contribution in [0.2, 0.25) is 0 Å². The van der Waals surface area contributed by atoms with E-state index in [1.807, 2.05) is 0 Å². The average Bonchev–Trinajstić information content (AvgIpc) is 2.26. The fraction of sp³-hybridized carbons (Fsp3) is 0.714. The Morgan fingerprint density at radius 1 is 1.18 bits per heavy atom. The van der Waals surface area contributed by atoms with Gasteiger partial charge in [0.25, 0.3) is 0 Å². The van der Waals surface area contributed by atoms with Crippen LogP contribution >= 0.6 is 0 Å². The van der Waals surface area contributed by atoms with E-state index in [4.69, 9.17) is 10.5 Å². The van der Waals surface area contributed by atoms with Crippen molar-refractivity contribution in [2.24, 2.45) is 15.6 Å². The standard InChI is InChI=1S/C7H6N4/c8-3-6-1-2-7(6,4-9)11-10-5-6/h1-2,5H2. The van der Waals surface area contributed by atoms with Gasteiger partial charge in [-0.2, -0.15) is 20.8 Å². The fourth-order valence-electron chi connectivity index (χ4n) is 1.66. The molecular formula is C7H6N4. The summed E-state index contributed by atoms with van der Waals surface area (Å²) in [6.07, 6.45) is 1.46. The molecule has 0 aromatic carbocycles. The molecule has 1 aliphatic heterocycles. The Balaban J connectivity index is 2.45. The van der Waals surface area contributed by atoms with Crippen molar-refractivity contribution >= 4 is 0 Å². The van der Waals surface area contributed by atoms with Crippen LogP contribution in [0.25, 0.3) is 0 Å². The topological polar surface area (TPSA) is 72.3 Å². The van der Waals surface area contributed by atoms with Gasteiger partial charge in [0.1, 0.15) is 5.41 Å². The first-order valence-corrected chi connectivity index (χ1v) is 3.50. The number of hydrogen-bond acceptors (Lipinski definition) is 4. The Kier molecular flexibility index (Phi) is 0.914. The highest BCUT2D eigenvalue weighted by atomic mass is 15.2. The van der Waals surface area contributed by atoms with Crippen molar-refractivity contribution in [1.29, 1.82) is 10.5 Å². The third kappa shape index (κ3) is 0.455. The molecule has 54 valence electrons. The molecule has 0 N–H and O–H groups in total. The highest BCUT2D eigenvalue weighted by molar-refractivity contribution is 5.33. The molecule has 11 heavy (non-hydrogen) atoms. The first kappa shape index (κ1) is 6.30. The number of nitriles is 2. The monoisotopic (exact) mass is 146 g/mol. The summed E-state index contributed by atoms with van der Waals surface area (Å²) >= 11 is 0. The van der Waals surface area contributed by atoms with Crippen LogP contribution in [0.4, 0.5) is 0 Å². The van der Waals surface area contributed by atoms with Crippen molar-refractivity contribution in [1.82, 2.24) is 0 Å². The predicted octanol–water partition coefficient (Wildman–Crippen LogP) is 1.02. The van der Waals surface area contributed by atoms with Crippen LogP contribution in [0, 0.1) is 28.1 Å². The SMILES string of the molecule is N#CC12CCC1(C#N)N=NC2. The normalized spacial score (nSPS) is 45.3. The molecule has 2 aliphatic rings. The van der Waals surface area contributed by atoms with Gasteiger partial charge in [0.05, 0.1) is 18.7 Å². The van der Waals surface area contributed by atoms with E-state index in [1.165, 1.54) is 0 Å². The third-order valence-electron chi connectivity index (χ3n) is 2.69. The first-order valence-electron chi connectivity index (χ1n) is 3.50. The van der Waals surface area contributed by atoms with E-state index < -0.39 is 11.0 Å². The maximum Gasteiger partial charge on any atom is 0.187 e. The summed E-state index contributed by atoms with van der Waals surface area (Å²) in [5, 5.41) is 25.2. The van der Waals surface area contributed by atoms with Gasteiger partial charge >= 0.3 is 0 Å². The Morgan fingerprint density at radius 3 is 2.36 bits per heavy atom. The molecule has 0 bridgehead atoms. The lowest BCUT2D eigenvalue weighted by molar-refractivity contribution is 0.145. The summed E-state index contributed by atoms with van der Waals surface area (Å²) < 4.78 is 0. The third-order valence-corrected chi connectivity index (χ3v) is 2.69. The van der Waals surface area contributed by atoms with E-state index >= 15 is 0 Å². The van der Waals surface area contributed by atoms with Crippen molar-refractivity contribution in [3.8, 4) is 12.1 Å². The van der Waals surface area contributed by atoms with Crippen LogP contribution in [-0.4, -0.2) is 12.1 Å². The van der Waals surface area contributed by atoms with Gasteiger partial charge in [-0.1, -0.05) is 0 Å². The van der Waals surface area contributed by atoms with Gasteiger partial charge in [-0.15, -0.1) is 0 Å². The van der Waals surface area contributed by atoms with Gasteiger partial charge in [0.15, 0.2) is 5.54 Å². The van der Waals surface area contributed by atoms with Crippen LogP contribution < -0.4 is 0 Å². The molecule has 0 saturated heterocycles. The first-order chi connectivity index (χ1) is 5.29. The van der Waals surface area contributed by atoms with Gasteiger partial charge in [-0.25, -0.2) is 0 Å². The second-order valence-electron chi connectivity index (χ2n) is 3.07. The summed E-state index contributed by atoms with van der Waals surface area (Å²) in [5.41, 5.74) is -1.34. The minimum atomic E-state index is -0.776. The molecule has 0 aromatic rings. The highest BCUT2D eigenvalue weighted by Crippen LogP contribution is 2.55. The zero-order chi connectivity index (χ0) is 7.95. The number of nitrogens with zero attached hydrogens (tertiary/aromatic N) is 4. The van der Waals surface area contributed by atoms with E-state index in [-0.39, 0.29) is 0 Å². The molecule has 0 amide bonds. The van der Waals surface area contributed by atoms with Gasteiger partial charge in [-0.05, 0) is 12.8 Å². The summed E-state index contributed by atoms with van der Waals surface area (Å²) in [6.45, 7) is 0.414. The van der Waals surface area contributed by atoms with E-state index in [2.05, 4.69) is 22.4 Å². The molecule has 4 heteroatoms. The summed E-state index contributed by atoms with van der Waals surface area (Å²) in [4.78, 5) is 0. The lowest BCUT2D eigenvalue weighted by Crippen LogP contribution is -2.52. The molecule has 0 radical (unpaired) electrons. The van der Waals surface area contributed by atoms with E-state index in [1.54, 1.807) is 0 Å². The molecule has 1 fully saturated rings. The summed E-state index contributed by atoms with van der Waals surface area (Å²) in [7, 11) is 0. The maximum atomic E-state index is 8.82. The highest BCUT2D eigenvalue weighted by Gasteiger charge is 2.64. The summed E-state index contributed by atoms with van der Waals surface area (Å²) in [6, 6.07) is 4.24. The quantitative estimate of drug-likeness (QED) is 0.511. The number of azo groups is 1. The van der Waals surface area contributed by atoms with Crippen molar-refractivity contribution in [2.45, 2.75) is 18.4 Å². The fourth-order valence-corrected chi connectivity index (χ4v) is 1.66. The molecule has 1 saturated carbocycles. The molecule has 2 unspecified atom stereocenters. The van der Waals surface area contributed by atoms with Crippen LogP contribution in [0.15, 0.2) is 10.2 Å². The zero-order valence-corrected chi connectivity index (χ0v) is 5.91. The smallest absolute Gasteiger partial charge is 0.187 e. The van der Waals surface area contributed by atoms with Crippen LogP contribution in [0.3, 0.4) is 0 Å². The minimum absolute atomic E-state index is 0.414. The Morgan fingerprint density at radius 2 is 2.00 bits per heavy atom. The van der Waals surface area contributed by atoms with Gasteiger partial charge in [0.2, 0.25) is 0 Å². The van der Waals surface area contributed by atoms with Crippen molar-refractivity contribution in [2.75, 3.05) is 6.54 Å². The minimum Gasteiger partial charge on any atom is -0.198 e. The molecule has 2 atom stereocenters. The van der Waals surface area contributed by atoms with E-state index in [0.717, 1.165) is 6.42 Å². The van der Waals surface area contributed by atoms with E-state index in [9.17, 15) is 0 Å². The van der Waals surface area contributed by atoms with Gasteiger partial charge < -0.3 is 0 Å². The summed E-state index contributed by atoms with van der Waals surface area (Å²) in [5.74, 6) is 0. The molecule has 1 aliphatic carbocycles. The van der Waals surface area contributed by atoms with Gasteiger partial charge in [0, 0.05) is 0 Å². The van der Waals surface area contributed by atoms with Crippen molar-refractivity contribution in [3.63, 3.8) is 0 Å². The molecule has 1 heterocycles. The molecule has 0 spiro atoms.